The molecule has 0 rings (SSSR count). The SMILES string of the molecule is CC(CN)CCC(=O)NCC(C)C(C)C. The lowest BCUT2D eigenvalue weighted by atomic mass is 9.98. The summed E-state index contributed by atoms with van der Waals surface area (Å²) in [4.78, 5) is 11.4. The lowest BCUT2D eigenvalue weighted by Gasteiger charge is -2.16. The lowest BCUT2D eigenvalue weighted by Crippen LogP contribution is -2.30. The van der Waals surface area contributed by atoms with E-state index in [4.69, 9.17) is 5.73 Å². The molecule has 0 bridgehead atoms. The Kier molecular flexibility index (Phi) is 7.39. The molecule has 0 saturated carbocycles. The highest BCUT2D eigenvalue weighted by Gasteiger charge is 2.09. The molecule has 0 saturated heterocycles. The van der Waals surface area contributed by atoms with Gasteiger partial charge in [-0.05, 0) is 30.7 Å². The number of carbonyl (C=O) groups is 1. The number of amides is 1. The predicted octanol–water partition coefficient (Wildman–Crippen LogP) is 1.77. The Morgan fingerprint density at radius 3 is 2.33 bits per heavy atom. The molecule has 0 aromatic heterocycles. The molecule has 0 heterocycles. The molecule has 0 radical (unpaired) electrons. The average Bonchev–Trinajstić information content (AvgIpc) is 2.21. The maximum atomic E-state index is 11.4. The van der Waals surface area contributed by atoms with Crippen molar-refractivity contribution in [3.63, 3.8) is 0 Å². The first-order valence-corrected chi connectivity index (χ1v) is 5.94. The molecule has 0 fully saturated rings. The fourth-order valence-corrected chi connectivity index (χ4v) is 1.09. The van der Waals surface area contributed by atoms with Crippen molar-refractivity contribution in [1.82, 2.24) is 5.32 Å². The summed E-state index contributed by atoms with van der Waals surface area (Å²) < 4.78 is 0. The average molecular weight is 214 g/mol. The first kappa shape index (κ1) is 14.4. The van der Waals surface area contributed by atoms with Crippen LogP contribution in [-0.4, -0.2) is 19.0 Å². The molecular formula is C12H26N2O. The third kappa shape index (κ3) is 7.37. The lowest BCUT2D eigenvalue weighted by molar-refractivity contribution is -0.121. The first-order chi connectivity index (χ1) is 6.97. The predicted molar refractivity (Wildman–Crippen MR) is 64.5 cm³/mol. The van der Waals surface area contributed by atoms with Crippen molar-refractivity contribution < 1.29 is 4.79 Å². The second-order valence-electron chi connectivity index (χ2n) is 4.90. The van der Waals surface area contributed by atoms with E-state index in [0.717, 1.165) is 13.0 Å². The van der Waals surface area contributed by atoms with E-state index in [1.54, 1.807) is 0 Å². The highest BCUT2D eigenvalue weighted by Crippen LogP contribution is 2.08. The molecule has 0 aliphatic heterocycles. The van der Waals surface area contributed by atoms with Crippen LogP contribution in [0.2, 0.25) is 0 Å². The van der Waals surface area contributed by atoms with Gasteiger partial charge in [0, 0.05) is 13.0 Å². The molecule has 0 aliphatic rings. The summed E-state index contributed by atoms with van der Waals surface area (Å²) in [5.41, 5.74) is 5.49. The van der Waals surface area contributed by atoms with Crippen LogP contribution < -0.4 is 11.1 Å². The Morgan fingerprint density at radius 2 is 1.87 bits per heavy atom. The monoisotopic (exact) mass is 214 g/mol. The summed E-state index contributed by atoms with van der Waals surface area (Å²) in [5.74, 6) is 1.76. The topological polar surface area (TPSA) is 55.1 Å². The van der Waals surface area contributed by atoms with Crippen LogP contribution in [0.3, 0.4) is 0 Å². The fraction of sp³-hybridized carbons (Fsp3) is 0.917. The minimum atomic E-state index is 0.155. The van der Waals surface area contributed by atoms with Gasteiger partial charge in [0.25, 0.3) is 0 Å². The molecule has 15 heavy (non-hydrogen) atoms. The third-order valence-corrected chi connectivity index (χ3v) is 3.03. The van der Waals surface area contributed by atoms with Crippen LogP contribution in [0.1, 0.15) is 40.5 Å². The molecule has 1 amide bonds. The van der Waals surface area contributed by atoms with Gasteiger partial charge in [0.05, 0.1) is 0 Å². The second-order valence-corrected chi connectivity index (χ2v) is 4.90. The maximum Gasteiger partial charge on any atom is 0.220 e. The van der Waals surface area contributed by atoms with Crippen molar-refractivity contribution in [2.45, 2.75) is 40.5 Å². The summed E-state index contributed by atoms with van der Waals surface area (Å²) in [6.45, 7) is 10.0. The molecule has 2 atom stereocenters. The van der Waals surface area contributed by atoms with Gasteiger partial charge < -0.3 is 11.1 Å². The zero-order chi connectivity index (χ0) is 11.8. The van der Waals surface area contributed by atoms with E-state index in [1.807, 2.05) is 0 Å². The molecule has 2 unspecified atom stereocenters. The van der Waals surface area contributed by atoms with Crippen molar-refractivity contribution in [3.05, 3.63) is 0 Å². The van der Waals surface area contributed by atoms with Crippen molar-refractivity contribution in [2.75, 3.05) is 13.1 Å². The molecule has 3 N–H and O–H groups in total. The van der Waals surface area contributed by atoms with Crippen LogP contribution in [0.5, 0.6) is 0 Å². The third-order valence-electron chi connectivity index (χ3n) is 3.03. The fourth-order valence-electron chi connectivity index (χ4n) is 1.09. The number of hydrogen-bond acceptors (Lipinski definition) is 2. The van der Waals surface area contributed by atoms with Gasteiger partial charge >= 0.3 is 0 Å². The van der Waals surface area contributed by atoms with Gasteiger partial charge in [0.1, 0.15) is 0 Å². The number of hydrogen-bond donors (Lipinski definition) is 2. The molecule has 0 aliphatic carbocycles. The minimum Gasteiger partial charge on any atom is -0.356 e. The van der Waals surface area contributed by atoms with Crippen molar-refractivity contribution in [1.29, 1.82) is 0 Å². The maximum absolute atomic E-state index is 11.4. The van der Waals surface area contributed by atoms with Crippen molar-refractivity contribution in [3.8, 4) is 0 Å². The van der Waals surface area contributed by atoms with Gasteiger partial charge in [-0.2, -0.15) is 0 Å². The standard InChI is InChI=1S/C12H26N2O/c1-9(2)11(4)8-14-12(15)6-5-10(3)7-13/h9-11H,5-8,13H2,1-4H3,(H,14,15). The Labute approximate surface area is 93.8 Å². The number of nitrogens with two attached hydrogens (primary N) is 1. The summed E-state index contributed by atoms with van der Waals surface area (Å²) >= 11 is 0. The summed E-state index contributed by atoms with van der Waals surface area (Å²) in [7, 11) is 0. The summed E-state index contributed by atoms with van der Waals surface area (Å²) in [6.07, 6.45) is 1.49. The molecule has 0 aromatic rings. The summed E-state index contributed by atoms with van der Waals surface area (Å²) in [6, 6.07) is 0. The van der Waals surface area contributed by atoms with Gasteiger partial charge in [0.15, 0.2) is 0 Å². The second kappa shape index (κ2) is 7.69. The van der Waals surface area contributed by atoms with Gasteiger partial charge in [-0.1, -0.05) is 27.7 Å². The Hall–Kier alpha value is -0.570. The normalized spacial score (nSPS) is 15.1. The molecule has 3 nitrogen and oxygen atoms in total. The van der Waals surface area contributed by atoms with E-state index < -0.39 is 0 Å². The van der Waals surface area contributed by atoms with Crippen LogP contribution in [-0.2, 0) is 4.79 Å². The summed E-state index contributed by atoms with van der Waals surface area (Å²) in [5, 5.41) is 2.96. The van der Waals surface area contributed by atoms with Crippen LogP contribution >= 0.6 is 0 Å². The van der Waals surface area contributed by atoms with Crippen LogP contribution in [0, 0.1) is 17.8 Å². The Bertz CT molecular complexity index is 180. The van der Waals surface area contributed by atoms with E-state index in [0.29, 0.717) is 30.7 Å². The zero-order valence-electron chi connectivity index (χ0n) is 10.5. The largest absolute Gasteiger partial charge is 0.356 e. The van der Waals surface area contributed by atoms with E-state index in [9.17, 15) is 4.79 Å². The van der Waals surface area contributed by atoms with Crippen molar-refractivity contribution >= 4 is 5.91 Å². The van der Waals surface area contributed by atoms with Gasteiger partial charge in [-0.3, -0.25) is 4.79 Å². The number of rotatable bonds is 7. The van der Waals surface area contributed by atoms with E-state index >= 15 is 0 Å². The van der Waals surface area contributed by atoms with Gasteiger partial charge in [0.2, 0.25) is 5.91 Å². The zero-order valence-corrected chi connectivity index (χ0v) is 10.5. The van der Waals surface area contributed by atoms with Gasteiger partial charge in [-0.15, -0.1) is 0 Å². The molecule has 0 spiro atoms. The van der Waals surface area contributed by atoms with E-state index in [1.165, 1.54) is 0 Å². The molecule has 0 aromatic carbocycles. The van der Waals surface area contributed by atoms with Crippen molar-refractivity contribution in [2.24, 2.45) is 23.5 Å². The Balaban J connectivity index is 3.58. The first-order valence-electron chi connectivity index (χ1n) is 5.94. The Morgan fingerprint density at radius 1 is 1.27 bits per heavy atom. The van der Waals surface area contributed by atoms with Crippen LogP contribution in [0.15, 0.2) is 0 Å². The molecular weight excluding hydrogens is 188 g/mol. The van der Waals surface area contributed by atoms with Crippen LogP contribution in [0.4, 0.5) is 0 Å². The smallest absolute Gasteiger partial charge is 0.220 e. The van der Waals surface area contributed by atoms with Crippen LogP contribution in [0.25, 0.3) is 0 Å². The van der Waals surface area contributed by atoms with Gasteiger partial charge in [-0.25, -0.2) is 0 Å². The number of nitrogens with one attached hydrogen (secondary N) is 1. The minimum absolute atomic E-state index is 0.155. The molecule has 3 heteroatoms. The molecule has 90 valence electrons. The highest BCUT2D eigenvalue weighted by atomic mass is 16.1. The van der Waals surface area contributed by atoms with E-state index in [2.05, 4.69) is 33.0 Å². The highest BCUT2D eigenvalue weighted by molar-refractivity contribution is 5.75. The quantitative estimate of drug-likeness (QED) is 0.678. The van der Waals surface area contributed by atoms with E-state index in [-0.39, 0.29) is 5.91 Å². The number of carbonyl (C=O) groups excluding carboxylic acids is 1.